The molecule has 7 rings (SSSR count). The molecular formula is C27H23FN6O2. The van der Waals surface area contributed by atoms with Crippen molar-refractivity contribution in [1.82, 2.24) is 24.7 Å². The summed E-state index contributed by atoms with van der Waals surface area (Å²) in [7, 11) is 1.88. The number of anilines is 2. The van der Waals surface area contributed by atoms with E-state index >= 15 is 4.39 Å². The molecule has 180 valence electrons. The smallest absolute Gasteiger partial charge is 0.156 e. The summed E-state index contributed by atoms with van der Waals surface area (Å²) in [6.45, 7) is 2.06. The molecule has 2 fully saturated rings. The lowest BCUT2D eigenvalue weighted by Gasteiger charge is -2.17. The molecule has 36 heavy (non-hydrogen) atoms. The fourth-order valence-corrected chi connectivity index (χ4v) is 5.13. The average Bonchev–Trinajstić information content (AvgIpc) is 3.19. The monoisotopic (exact) mass is 482 g/mol. The zero-order valence-corrected chi connectivity index (χ0v) is 19.6. The number of aryl methyl sites for hydroxylation is 1. The van der Waals surface area contributed by atoms with Gasteiger partial charge in [-0.2, -0.15) is 5.10 Å². The highest BCUT2D eigenvalue weighted by atomic mass is 19.1. The summed E-state index contributed by atoms with van der Waals surface area (Å²) in [5.41, 5.74) is 3.57. The molecule has 0 bridgehead atoms. The van der Waals surface area contributed by atoms with Gasteiger partial charge in [-0.1, -0.05) is 0 Å². The molecular weight excluding hydrogens is 459 g/mol. The Hall–Kier alpha value is -4.11. The van der Waals surface area contributed by atoms with Crippen LogP contribution in [0.4, 0.5) is 15.9 Å². The second-order valence-electron chi connectivity index (χ2n) is 9.68. The SMILES string of the molecule is Cn1cc(-c2cc(OC[C@@]34COC[C@@H]3C4)c3c(Nc4ccc5ncccc5c4F)ncnc3c2)cn1. The molecule has 1 N–H and O–H groups in total. The molecule has 0 amide bonds. The van der Waals surface area contributed by atoms with Crippen molar-refractivity contribution in [2.45, 2.75) is 6.42 Å². The third kappa shape index (κ3) is 3.46. The molecule has 0 unspecified atom stereocenters. The number of hydrogen-bond donors (Lipinski definition) is 1. The normalized spacial score (nSPS) is 20.6. The topological polar surface area (TPSA) is 87.0 Å². The maximum absolute atomic E-state index is 15.4. The average molecular weight is 483 g/mol. The van der Waals surface area contributed by atoms with Gasteiger partial charge in [0.2, 0.25) is 0 Å². The second kappa shape index (κ2) is 7.96. The van der Waals surface area contributed by atoms with Gasteiger partial charge in [-0.25, -0.2) is 14.4 Å². The highest BCUT2D eigenvalue weighted by molar-refractivity contribution is 5.99. The van der Waals surface area contributed by atoms with Crippen LogP contribution < -0.4 is 10.1 Å². The van der Waals surface area contributed by atoms with E-state index in [1.807, 2.05) is 31.6 Å². The van der Waals surface area contributed by atoms with Crippen molar-refractivity contribution in [2.75, 3.05) is 25.1 Å². The van der Waals surface area contributed by atoms with Gasteiger partial charge in [0.1, 0.15) is 17.9 Å². The van der Waals surface area contributed by atoms with E-state index in [2.05, 4.69) is 25.4 Å². The van der Waals surface area contributed by atoms with Crippen LogP contribution in [0.1, 0.15) is 6.42 Å². The first-order chi connectivity index (χ1) is 17.6. The van der Waals surface area contributed by atoms with Gasteiger partial charge in [0.05, 0.1) is 48.1 Å². The van der Waals surface area contributed by atoms with Gasteiger partial charge in [0, 0.05) is 35.8 Å². The van der Waals surface area contributed by atoms with Crippen molar-refractivity contribution in [3.63, 3.8) is 0 Å². The minimum absolute atomic E-state index is 0.0807. The standard InChI is InChI=1S/C27H23FN6O2/c1-34-11-17(10-32-34)16-7-22-24(23(8-16)36-14-27-9-18(27)12-35-13-27)26(31-15-30-22)33-21-5-4-20-19(25(21)28)3-2-6-29-20/h2-8,10-11,15,18H,9,12-14H2,1H3,(H,30,31,33)/t18-,27+/m0/s1. The van der Waals surface area contributed by atoms with Gasteiger partial charge in [-0.05, 0) is 54.3 Å². The molecule has 5 aromatic rings. The Balaban J connectivity index is 1.33. The van der Waals surface area contributed by atoms with Crippen LogP contribution in [0.2, 0.25) is 0 Å². The minimum atomic E-state index is -0.385. The van der Waals surface area contributed by atoms with Crippen molar-refractivity contribution >= 4 is 33.3 Å². The molecule has 4 heterocycles. The fourth-order valence-electron chi connectivity index (χ4n) is 5.13. The molecule has 3 aromatic heterocycles. The Morgan fingerprint density at radius 3 is 2.92 bits per heavy atom. The first-order valence-electron chi connectivity index (χ1n) is 11.9. The van der Waals surface area contributed by atoms with Crippen LogP contribution in [0.15, 0.2) is 61.3 Å². The third-order valence-corrected chi connectivity index (χ3v) is 7.29. The third-order valence-electron chi connectivity index (χ3n) is 7.29. The molecule has 9 heteroatoms. The maximum atomic E-state index is 15.4. The lowest BCUT2D eigenvalue weighted by atomic mass is 10.1. The van der Waals surface area contributed by atoms with Gasteiger partial charge in [-0.3, -0.25) is 9.67 Å². The number of aromatic nitrogens is 5. The second-order valence-corrected chi connectivity index (χ2v) is 9.68. The first-order valence-corrected chi connectivity index (χ1v) is 11.9. The van der Waals surface area contributed by atoms with E-state index in [1.165, 1.54) is 6.33 Å². The van der Waals surface area contributed by atoms with Crippen molar-refractivity contribution in [2.24, 2.45) is 18.4 Å². The van der Waals surface area contributed by atoms with Gasteiger partial charge >= 0.3 is 0 Å². The van der Waals surface area contributed by atoms with Crippen LogP contribution in [0, 0.1) is 17.2 Å². The fraction of sp³-hybridized carbons (Fsp3) is 0.259. The summed E-state index contributed by atoms with van der Waals surface area (Å²) in [6.07, 6.45) is 8.00. The van der Waals surface area contributed by atoms with Crippen molar-refractivity contribution in [3.05, 3.63) is 67.1 Å². The number of ether oxygens (including phenoxy) is 2. The molecule has 2 aromatic carbocycles. The molecule has 0 spiro atoms. The maximum Gasteiger partial charge on any atom is 0.156 e. The number of pyridine rings is 1. The number of fused-ring (bicyclic) bond motifs is 3. The number of hydrogen-bond acceptors (Lipinski definition) is 7. The molecule has 1 saturated heterocycles. The highest BCUT2D eigenvalue weighted by Gasteiger charge is 2.59. The van der Waals surface area contributed by atoms with E-state index < -0.39 is 0 Å². The number of nitrogens with one attached hydrogen (secondary N) is 1. The van der Waals surface area contributed by atoms with Gasteiger partial charge in [0.15, 0.2) is 5.82 Å². The zero-order valence-electron chi connectivity index (χ0n) is 19.6. The lowest BCUT2D eigenvalue weighted by molar-refractivity contribution is 0.124. The number of benzene rings is 2. The molecule has 2 atom stereocenters. The zero-order chi connectivity index (χ0) is 24.3. The predicted molar refractivity (Wildman–Crippen MR) is 134 cm³/mol. The summed E-state index contributed by atoms with van der Waals surface area (Å²) in [6, 6.07) is 10.9. The molecule has 1 aliphatic carbocycles. The van der Waals surface area contributed by atoms with Crippen LogP contribution >= 0.6 is 0 Å². The van der Waals surface area contributed by atoms with Crippen LogP contribution in [0.3, 0.4) is 0 Å². The first kappa shape index (κ1) is 21.2. The molecule has 8 nitrogen and oxygen atoms in total. The lowest BCUT2D eigenvalue weighted by Crippen LogP contribution is -2.17. The summed E-state index contributed by atoms with van der Waals surface area (Å²) < 4.78 is 29.2. The van der Waals surface area contributed by atoms with Crippen LogP contribution in [-0.4, -0.2) is 44.6 Å². The molecule has 1 aliphatic heterocycles. The summed E-state index contributed by atoms with van der Waals surface area (Å²) in [5, 5.41) is 8.63. The van der Waals surface area contributed by atoms with Crippen LogP contribution in [-0.2, 0) is 11.8 Å². The van der Waals surface area contributed by atoms with Crippen molar-refractivity contribution in [1.29, 1.82) is 0 Å². The number of halogens is 1. The highest BCUT2D eigenvalue weighted by Crippen LogP contribution is 2.57. The van der Waals surface area contributed by atoms with Crippen molar-refractivity contribution in [3.8, 4) is 16.9 Å². The quantitative estimate of drug-likeness (QED) is 0.369. The predicted octanol–water partition coefficient (Wildman–Crippen LogP) is 4.88. The Bertz CT molecular complexity index is 1640. The van der Waals surface area contributed by atoms with Gasteiger partial charge < -0.3 is 14.8 Å². The Morgan fingerprint density at radius 2 is 2.11 bits per heavy atom. The summed E-state index contributed by atoms with van der Waals surface area (Å²) >= 11 is 0. The van der Waals surface area contributed by atoms with Gasteiger partial charge in [-0.15, -0.1) is 0 Å². The Morgan fingerprint density at radius 1 is 1.17 bits per heavy atom. The minimum Gasteiger partial charge on any atom is -0.492 e. The van der Waals surface area contributed by atoms with Gasteiger partial charge in [0.25, 0.3) is 0 Å². The largest absolute Gasteiger partial charge is 0.492 e. The Kier molecular flexibility index (Phi) is 4.69. The van der Waals surface area contributed by atoms with E-state index in [-0.39, 0.29) is 11.2 Å². The van der Waals surface area contributed by atoms with Crippen LogP contribution in [0.5, 0.6) is 5.75 Å². The van der Waals surface area contributed by atoms with Crippen molar-refractivity contribution < 1.29 is 13.9 Å². The molecule has 1 saturated carbocycles. The number of nitrogens with zero attached hydrogens (tertiary/aromatic N) is 5. The van der Waals surface area contributed by atoms with Crippen LogP contribution in [0.25, 0.3) is 32.9 Å². The molecule has 2 aliphatic rings. The Labute approximate surface area is 206 Å². The van der Waals surface area contributed by atoms with E-state index in [4.69, 9.17) is 9.47 Å². The van der Waals surface area contributed by atoms with E-state index in [9.17, 15) is 0 Å². The van der Waals surface area contributed by atoms with E-state index in [1.54, 1.807) is 35.1 Å². The van der Waals surface area contributed by atoms with E-state index in [0.717, 1.165) is 30.8 Å². The summed E-state index contributed by atoms with van der Waals surface area (Å²) in [5.74, 6) is 1.29. The van der Waals surface area contributed by atoms with E-state index in [0.29, 0.717) is 51.6 Å². The molecule has 0 radical (unpaired) electrons. The summed E-state index contributed by atoms with van der Waals surface area (Å²) in [4.78, 5) is 13.2. The number of rotatable bonds is 6.